The monoisotopic (exact) mass is 1690 g/mol. The maximum Gasteiger partial charge on any atom is 0.381 e. The summed E-state index contributed by atoms with van der Waals surface area (Å²) in [7, 11) is 0. The molecule has 0 aliphatic rings. The number of aldehydes is 1. The first-order valence-corrected chi connectivity index (χ1v) is 31.0. The number of rotatable bonds is 20. The average Bonchev–Trinajstić information content (AvgIpc) is 0.814. The summed E-state index contributed by atoms with van der Waals surface area (Å²) in [6, 6.07) is 25.2. The minimum absolute atomic E-state index is 0.0378. The van der Waals surface area contributed by atoms with Gasteiger partial charge in [0, 0.05) is 0 Å². The van der Waals surface area contributed by atoms with Crippen LogP contribution >= 0.6 is 27.5 Å². The van der Waals surface area contributed by atoms with Crippen molar-refractivity contribution in [1.29, 1.82) is 21.0 Å². The van der Waals surface area contributed by atoms with Crippen LogP contribution in [0.15, 0.2) is 171 Å². The number of nitrogen functional groups attached to an aromatic ring is 2. The minimum Gasteiger partial charge on any atom is -0.477 e. The second-order valence-electron chi connectivity index (χ2n) is 20.1. The van der Waals surface area contributed by atoms with Crippen LogP contribution in [0.2, 0.25) is 5.15 Å². The number of esters is 3. The van der Waals surface area contributed by atoms with E-state index in [0.717, 1.165) is 0 Å². The Morgan fingerprint density at radius 1 is 0.504 bits per heavy atom. The van der Waals surface area contributed by atoms with Crippen molar-refractivity contribution in [3.05, 3.63) is 227 Å². The quantitative estimate of drug-likeness (QED) is 0.00394. The number of carboxylic acid groups (broad SMARTS) is 1. The number of ketones is 1. The van der Waals surface area contributed by atoms with Crippen molar-refractivity contribution in [2.75, 3.05) is 31.3 Å². The van der Waals surface area contributed by atoms with Crippen LogP contribution in [0.1, 0.15) is 60.1 Å². The summed E-state index contributed by atoms with van der Waals surface area (Å²) >= 11 is 7.70. The van der Waals surface area contributed by atoms with E-state index in [1.807, 2.05) is 40.2 Å². The molecule has 0 aliphatic carbocycles. The summed E-state index contributed by atoms with van der Waals surface area (Å²) in [5.41, 5.74) is 10.2. The molecule has 11 N–H and O–H groups in total. The number of H-pyrrole nitrogens is 2. The summed E-state index contributed by atoms with van der Waals surface area (Å²) in [5, 5.41) is 75.9. The highest BCUT2D eigenvalue weighted by atomic mass is 79.9. The van der Waals surface area contributed by atoms with E-state index >= 15 is 0 Å². The number of aliphatic carboxylic acids is 1. The number of anilines is 2. The molecular formula is C69H60BrClF14N12O16. The van der Waals surface area contributed by atoms with E-state index in [0.29, 0.717) is 63.4 Å². The standard InChI is InChI=1S/C12H6ClF2N3.2C12H7F2N3O.C7H10F2O4.C7H8F2O3.C7H7N3.C5H6F2O4.C4H6O3.C3H3BrF2/c1-2-12(14,15)10-11(13)18-9-5-7(6-16)3-4-8(9)17-10;1-2-12(13,14)10-11(18)17-8-4-3-7(6-15)5-9(8)16-10;1-2-12(13,14)10-11(18)17-9-5-7(6-15)3-4-8(9)16-10;1-3-6(8,9)7(11,12)5(10)13-4-2;1-3-7(8,9)5(10)6(11)12-4-2;8-4-5-1-2-6(9)7(10)3-5;1-2-4(6,7)5(10,11)3(8)9;1-2-7-4(6)3-5;1-2-3(4,5)6/h2-5H,1H2;2*2-5H,1H2,(H,17,18);3,11-12H,1,4H2,2H3;3H,1,4H2,2H3;1-3H,9-10H2;2,10-11H,1H2,(H,8,9);3H,2H2,1H3;2H,1H2. The third kappa shape index (κ3) is 31.2. The van der Waals surface area contributed by atoms with Gasteiger partial charge in [0.05, 0.1) is 111 Å². The molecule has 0 radical (unpaired) electrons. The molecule has 0 amide bonds. The van der Waals surface area contributed by atoms with Crippen LogP contribution < -0.4 is 22.6 Å². The first-order valence-electron chi connectivity index (χ1n) is 29.8. The molecule has 7 rings (SSSR count). The summed E-state index contributed by atoms with van der Waals surface area (Å²) in [4.78, 5) is 100. The average molecular weight is 1690 g/mol. The summed E-state index contributed by atoms with van der Waals surface area (Å²) < 4.78 is 189. The number of nitrogens with two attached hydrogens (primary N) is 2. The highest BCUT2D eigenvalue weighted by Gasteiger charge is 2.57. The van der Waals surface area contributed by atoms with E-state index in [1.165, 1.54) is 68.4 Å². The molecule has 44 heteroatoms. The number of alkyl halides is 15. The number of carboxylic acids is 1. The Balaban J connectivity index is 0. The fraction of sp³-hybridized carbons (Fsp3) is 0.217. The fourth-order valence-corrected chi connectivity index (χ4v) is 6.66. The van der Waals surface area contributed by atoms with Crippen molar-refractivity contribution < 1.29 is 130 Å². The van der Waals surface area contributed by atoms with Gasteiger partial charge in [0.25, 0.3) is 11.1 Å². The van der Waals surface area contributed by atoms with Gasteiger partial charge in [-0.05, 0) is 152 Å². The smallest absolute Gasteiger partial charge is 0.381 e. The maximum atomic E-state index is 13.5. The van der Waals surface area contributed by atoms with E-state index in [9.17, 15) is 99.8 Å². The second kappa shape index (κ2) is 44.7. The van der Waals surface area contributed by atoms with E-state index < -0.39 is 115 Å². The Labute approximate surface area is 641 Å². The Morgan fingerprint density at radius 2 is 0.885 bits per heavy atom. The number of hydrogen-bond acceptors (Lipinski definition) is 25. The predicted molar refractivity (Wildman–Crippen MR) is 378 cm³/mol. The molecule has 0 fully saturated rings. The zero-order valence-electron chi connectivity index (χ0n) is 58.1. The number of nitrogens with one attached hydrogen (secondary N) is 2. The summed E-state index contributed by atoms with van der Waals surface area (Å²) in [6.07, 6.45) is 1.75. The number of hydrogen-bond donors (Lipinski definition) is 9. The van der Waals surface area contributed by atoms with Crippen molar-refractivity contribution in [2.45, 2.75) is 72.7 Å². The molecule has 0 atom stereocenters. The van der Waals surface area contributed by atoms with Gasteiger partial charge >= 0.3 is 81.6 Å². The van der Waals surface area contributed by atoms with Crippen molar-refractivity contribution in [1.82, 2.24) is 29.9 Å². The lowest BCUT2D eigenvalue weighted by molar-refractivity contribution is -0.274. The SMILES string of the molecule is C=CC(F)(F)Br.C=CC(F)(F)C(=O)C(=O)OCC.C=CC(F)(F)C(O)(O)C(=O)O.C=CC(F)(F)C(O)(O)C(=O)OCC.C=CC(F)(F)c1nc2cc(C#N)ccc2[nH]c1=O.C=CC(F)(F)c1nc2ccc(C#N)cc2[nH]c1=O.C=CC(F)(F)c1nc2ccc(C#N)cc2nc1Cl.CCOC(=O)C=O.N#Cc1ccc(N)c(N)c1. The molecule has 3 aromatic heterocycles. The number of allylic oxidation sites excluding steroid dienone is 5. The molecule has 0 bridgehead atoms. The van der Waals surface area contributed by atoms with Crippen LogP contribution in [0.4, 0.5) is 72.8 Å². The van der Waals surface area contributed by atoms with Crippen LogP contribution in [0.5, 0.6) is 0 Å². The maximum absolute atomic E-state index is 13.5. The molecule has 604 valence electrons. The molecule has 28 nitrogen and oxygen atoms in total. The molecular weight excluding hydrogens is 1630 g/mol. The van der Waals surface area contributed by atoms with Crippen molar-refractivity contribution in [3.63, 3.8) is 0 Å². The largest absolute Gasteiger partial charge is 0.477 e. The fourth-order valence-electron chi connectivity index (χ4n) is 6.41. The number of Topliss-reactive ketones (excluding diaryl/α,β-unsaturated/α-hetero) is 1. The van der Waals surface area contributed by atoms with Crippen molar-refractivity contribution in [2.24, 2.45) is 0 Å². The first-order chi connectivity index (χ1) is 52.0. The Bertz CT molecular complexity index is 4960. The van der Waals surface area contributed by atoms with Crippen LogP contribution in [-0.4, -0.2) is 145 Å². The molecule has 0 saturated heterocycles. The number of ether oxygens (including phenoxy) is 3. The van der Waals surface area contributed by atoms with Gasteiger partial charge < -0.3 is 61.2 Å². The number of aliphatic hydroxyl groups is 4. The Morgan fingerprint density at radius 3 is 1.27 bits per heavy atom. The number of nitriles is 4. The molecule has 0 aliphatic heterocycles. The third-order valence-corrected chi connectivity index (χ3v) is 12.8. The lowest BCUT2D eigenvalue weighted by Crippen LogP contribution is -2.54. The molecule has 0 saturated carbocycles. The van der Waals surface area contributed by atoms with E-state index in [2.05, 4.69) is 90.2 Å². The lowest BCUT2D eigenvalue weighted by Gasteiger charge is -2.25. The molecule has 3 heterocycles. The number of nitrogens with zero attached hydrogens (tertiary/aromatic N) is 8. The number of carbonyl (C=O) groups excluding carboxylic acids is 5. The van der Waals surface area contributed by atoms with Gasteiger partial charge in [-0.3, -0.25) is 19.2 Å². The normalized spacial score (nSPS) is 11.0. The summed E-state index contributed by atoms with van der Waals surface area (Å²) in [6.45, 7) is 24.1. The minimum atomic E-state index is -4.27. The van der Waals surface area contributed by atoms with Crippen molar-refractivity contribution >= 4 is 108 Å². The highest BCUT2D eigenvalue weighted by Crippen LogP contribution is 2.34. The van der Waals surface area contributed by atoms with E-state index in [-0.39, 0.29) is 72.0 Å². The lowest BCUT2D eigenvalue weighted by atomic mass is 10.1. The van der Waals surface area contributed by atoms with E-state index in [4.69, 9.17) is 69.6 Å². The van der Waals surface area contributed by atoms with Crippen LogP contribution in [0.3, 0.4) is 0 Å². The number of halogens is 16. The van der Waals surface area contributed by atoms with Crippen LogP contribution in [-0.2, 0) is 60.7 Å². The number of aromatic amines is 2. The predicted octanol–water partition coefficient (Wildman–Crippen LogP) is 10.8. The van der Waals surface area contributed by atoms with Gasteiger partial charge in [-0.15, -0.1) is 0 Å². The van der Waals surface area contributed by atoms with Crippen molar-refractivity contribution in [3.8, 4) is 24.3 Å². The zero-order valence-corrected chi connectivity index (χ0v) is 60.5. The molecule has 0 spiro atoms. The first kappa shape index (κ1) is 102. The highest BCUT2D eigenvalue weighted by molar-refractivity contribution is 9.10. The van der Waals surface area contributed by atoms with Gasteiger partial charge in [-0.2, -0.15) is 82.5 Å². The Hall–Kier alpha value is -12.9. The van der Waals surface area contributed by atoms with Gasteiger partial charge in [0.1, 0.15) is 0 Å². The van der Waals surface area contributed by atoms with Crippen LogP contribution in [0, 0.1) is 45.3 Å². The zero-order chi connectivity index (χ0) is 88.2. The Kier molecular flexibility index (Phi) is 40.4. The number of carbonyl (C=O) groups is 6. The number of benzene rings is 4. The van der Waals surface area contributed by atoms with Gasteiger partial charge in [0.15, 0.2) is 22.2 Å². The molecule has 0 unspecified atom stereocenters. The van der Waals surface area contributed by atoms with Gasteiger partial charge in [-0.1, -0.05) is 57.7 Å². The topological polar surface area (TPSA) is 496 Å². The molecule has 113 heavy (non-hydrogen) atoms. The van der Waals surface area contributed by atoms with Crippen LogP contribution in [0.25, 0.3) is 33.1 Å². The number of aromatic nitrogens is 6. The number of fused-ring (bicyclic) bond motifs is 3. The third-order valence-electron chi connectivity index (χ3n) is 12.3. The van der Waals surface area contributed by atoms with Gasteiger partial charge in [-0.25, -0.2) is 39.1 Å². The van der Waals surface area contributed by atoms with Gasteiger partial charge in [0.2, 0.25) is 6.29 Å². The van der Waals surface area contributed by atoms with E-state index in [1.54, 1.807) is 25.1 Å². The molecule has 7 aromatic rings. The molecule has 4 aromatic carbocycles. The summed E-state index contributed by atoms with van der Waals surface area (Å²) in [5.74, 6) is -39.0. The second-order valence-corrected chi connectivity index (χ2v) is 21.6.